The Balaban J connectivity index is 2.26. The number of nitrogen functional groups attached to an aromatic ring is 1. The molecule has 98 valence electrons. The molecule has 0 bridgehead atoms. The number of rotatable bonds is 1. The zero-order valence-electron chi connectivity index (χ0n) is 10.2. The summed E-state index contributed by atoms with van der Waals surface area (Å²) in [5, 5.41) is 0. The van der Waals surface area contributed by atoms with Crippen LogP contribution in [0, 0.1) is 17.6 Å². The van der Waals surface area contributed by atoms with E-state index in [9.17, 15) is 13.6 Å². The predicted octanol–water partition coefficient (Wildman–Crippen LogP) is 2.42. The molecule has 1 aromatic rings. The van der Waals surface area contributed by atoms with E-state index in [1.165, 1.54) is 4.90 Å². The fourth-order valence-electron chi connectivity index (χ4n) is 2.13. The van der Waals surface area contributed by atoms with E-state index in [1.54, 1.807) is 0 Å². The highest BCUT2D eigenvalue weighted by atomic mass is 19.1. The summed E-state index contributed by atoms with van der Waals surface area (Å²) in [4.78, 5) is 13.6. The lowest BCUT2D eigenvalue weighted by Crippen LogP contribution is -2.38. The van der Waals surface area contributed by atoms with Gasteiger partial charge in [-0.3, -0.25) is 4.79 Å². The van der Waals surface area contributed by atoms with Gasteiger partial charge in [-0.1, -0.05) is 6.92 Å². The Bertz CT molecular complexity index is 468. The van der Waals surface area contributed by atoms with Crippen molar-refractivity contribution >= 4 is 11.6 Å². The van der Waals surface area contributed by atoms with Crippen molar-refractivity contribution < 1.29 is 13.6 Å². The van der Waals surface area contributed by atoms with Crippen LogP contribution in [0.3, 0.4) is 0 Å². The minimum atomic E-state index is -0.960. The molecule has 0 atom stereocenters. The van der Waals surface area contributed by atoms with Gasteiger partial charge >= 0.3 is 0 Å². The number of nitrogens with two attached hydrogens (primary N) is 1. The first kappa shape index (κ1) is 12.8. The van der Waals surface area contributed by atoms with Gasteiger partial charge in [0.15, 0.2) is 5.82 Å². The van der Waals surface area contributed by atoms with E-state index >= 15 is 0 Å². The third-order valence-corrected chi connectivity index (χ3v) is 3.41. The van der Waals surface area contributed by atoms with E-state index in [0.29, 0.717) is 19.0 Å². The van der Waals surface area contributed by atoms with Gasteiger partial charge in [0.1, 0.15) is 11.4 Å². The Hall–Kier alpha value is -1.65. The molecule has 1 amide bonds. The molecule has 0 unspecified atom stereocenters. The minimum absolute atomic E-state index is 0.204. The lowest BCUT2D eigenvalue weighted by Gasteiger charge is -2.30. The second kappa shape index (κ2) is 4.92. The summed E-state index contributed by atoms with van der Waals surface area (Å²) in [7, 11) is 0. The second-order valence-electron chi connectivity index (χ2n) is 4.80. The molecule has 0 spiro atoms. The molecule has 0 aliphatic carbocycles. The Kier molecular flexibility index (Phi) is 3.50. The van der Waals surface area contributed by atoms with E-state index in [-0.39, 0.29) is 5.69 Å². The van der Waals surface area contributed by atoms with Crippen molar-refractivity contribution in [2.75, 3.05) is 18.8 Å². The lowest BCUT2D eigenvalue weighted by molar-refractivity contribution is 0.0687. The van der Waals surface area contributed by atoms with Crippen molar-refractivity contribution in [2.24, 2.45) is 5.92 Å². The van der Waals surface area contributed by atoms with Gasteiger partial charge in [-0.15, -0.1) is 0 Å². The zero-order valence-corrected chi connectivity index (χ0v) is 10.2. The third-order valence-electron chi connectivity index (χ3n) is 3.41. The van der Waals surface area contributed by atoms with Crippen molar-refractivity contribution in [3.63, 3.8) is 0 Å². The number of hydrogen-bond donors (Lipinski definition) is 1. The molecule has 0 radical (unpaired) electrons. The average molecular weight is 254 g/mol. The number of benzene rings is 1. The maximum Gasteiger partial charge on any atom is 0.259 e. The van der Waals surface area contributed by atoms with E-state index in [4.69, 9.17) is 5.73 Å². The highest BCUT2D eigenvalue weighted by molar-refractivity contribution is 5.95. The van der Waals surface area contributed by atoms with Crippen molar-refractivity contribution in [3.8, 4) is 0 Å². The number of likely N-dealkylation sites (tertiary alicyclic amines) is 1. The number of carbonyl (C=O) groups is 1. The Labute approximate surface area is 105 Å². The third kappa shape index (κ3) is 2.30. The summed E-state index contributed by atoms with van der Waals surface area (Å²) in [5.74, 6) is -1.88. The average Bonchev–Trinajstić information content (AvgIpc) is 2.35. The van der Waals surface area contributed by atoms with Crippen molar-refractivity contribution in [1.82, 2.24) is 4.90 Å². The minimum Gasteiger partial charge on any atom is -0.396 e. The number of piperidine rings is 1. The number of hydrogen-bond acceptors (Lipinski definition) is 2. The number of halogens is 2. The van der Waals surface area contributed by atoms with Crippen LogP contribution in [0.25, 0.3) is 0 Å². The highest BCUT2D eigenvalue weighted by Crippen LogP contribution is 2.23. The molecule has 2 rings (SSSR count). The van der Waals surface area contributed by atoms with Gasteiger partial charge in [-0.05, 0) is 30.9 Å². The van der Waals surface area contributed by atoms with Crippen LogP contribution in [0.1, 0.15) is 30.1 Å². The SMILES string of the molecule is CC1CCN(C(=O)c2c(F)ccc(N)c2F)CC1. The zero-order chi connectivity index (χ0) is 13.3. The number of amides is 1. The van der Waals surface area contributed by atoms with Gasteiger partial charge in [0, 0.05) is 13.1 Å². The van der Waals surface area contributed by atoms with Crippen molar-refractivity contribution in [3.05, 3.63) is 29.3 Å². The monoisotopic (exact) mass is 254 g/mol. The molecule has 1 aliphatic heterocycles. The summed E-state index contributed by atoms with van der Waals surface area (Å²) in [6, 6.07) is 2.15. The van der Waals surface area contributed by atoms with Crippen LogP contribution in [-0.4, -0.2) is 23.9 Å². The summed E-state index contributed by atoms with van der Waals surface area (Å²) >= 11 is 0. The predicted molar refractivity (Wildman–Crippen MR) is 65.1 cm³/mol. The fraction of sp³-hybridized carbons (Fsp3) is 0.462. The molecule has 0 saturated carbocycles. The van der Waals surface area contributed by atoms with Gasteiger partial charge in [0.05, 0.1) is 5.69 Å². The van der Waals surface area contributed by atoms with Crippen LogP contribution < -0.4 is 5.73 Å². The molecular formula is C13H16F2N2O. The Morgan fingerprint density at radius 1 is 1.33 bits per heavy atom. The number of nitrogens with zero attached hydrogens (tertiary/aromatic N) is 1. The van der Waals surface area contributed by atoms with E-state index in [0.717, 1.165) is 25.0 Å². The number of carbonyl (C=O) groups excluding carboxylic acids is 1. The van der Waals surface area contributed by atoms with Gasteiger partial charge in [-0.2, -0.15) is 0 Å². The Morgan fingerprint density at radius 2 is 1.94 bits per heavy atom. The van der Waals surface area contributed by atoms with E-state index < -0.39 is 23.1 Å². The molecule has 0 aromatic heterocycles. The van der Waals surface area contributed by atoms with Crippen LogP contribution in [0.15, 0.2) is 12.1 Å². The van der Waals surface area contributed by atoms with Gasteiger partial charge in [-0.25, -0.2) is 8.78 Å². The smallest absolute Gasteiger partial charge is 0.259 e. The van der Waals surface area contributed by atoms with Gasteiger partial charge in [0.2, 0.25) is 0 Å². The first-order chi connectivity index (χ1) is 8.50. The maximum atomic E-state index is 13.7. The fourth-order valence-corrected chi connectivity index (χ4v) is 2.13. The summed E-state index contributed by atoms with van der Waals surface area (Å²) in [5.41, 5.74) is 4.63. The number of anilines is 1. The van der Waals surface area contributed by atoms with Crippen LogP contribution >= 0.6 is 0 Å². The topological polar surface area (TPSA) is 46.3 Å². The highest BCUT2D eigenvalue weighted by Gasteiger charge is 2.27. The largest absolute Gasteiger partial charge is 0.396 e. The summed E-state index contributed by atoms with van der Waals surface area (Å²) in [6.07, 6.45) is 1.72. The molecule has 18 heavy (non-hydrogen) atoms. The van der Waals surface area contributed by atoms with Crippen LogP contribution in [-0.2, 0) is 0 Å². The molecule has 1 heterocycles. The molecule has 5 heteroatoms. The normalized spacial score (nSPS) is 16.9. The molecule has 1 aromatic carbocycles. The Morgan fingerprint density at radius 3 is 2.56 bits per heavy atom. The molecular weight excluding hydrogens is 238 g/mol. The first-order valence-corrected chi connectivity index (χ1v) is 6.03. The summed E-state index contributed by atoms with van der Waals surface area (Å²) < 4.78 is 27.3. The van der Waals surface area contributed by atoms with Gasteiger partial charge < -0.3 is 10.6 Å². The van der Waals surface area contributed by atoms with E-state index in [1.807, 2.05) is 0 Å². The van der Waals surface area contributed by atoms with Crippen molar-refractivity contribution in [1.29, 1.82) is 0 Å². The molecule has 1 saturated heterocycles. The molecule has 3 nitrogen and oxygen atoms in total. The first-order valence-electron chi connectivity index (χ1n) is 6.03. The van der Waals surface area contributed by atoms with E-state index in [2.05, 4.69) is 6.92 Å². The van der Waals surface area contributed by atoms with Crippen LogP contribution in [0.4, 0.5) is 14.5 Å². The lowest BCUT2D eigenvalue weighted by atomic mass is 9.98. The second-order valence-corrected chi connectivity index (χ2v) is 4.80. The molecule has 1 aliphatic rings. The van der Waals surface area contributed by atoms with Crippen LogP contribution in [0.2, 0.25) is 0 Å². The summed E-state index contributed by atoms with van der Waals surface area (Å²) in [6.45, 7) is 3.17. The quantitative estimate of drug-likeness (QED) is 0.782. The standard InChI is InChI=1S/C13H16F2N2O/c1-8-4-6-17(7-5-8)13(18)11-9(14)2-3-10(16)12(11)15/h2-3,8H,4-7,16H2,1H3. The molecule has 2 N–H and O–H groups in total. The molecule has 1 fully saturated rings. The van der Waals surface area contributed by atoms with Gasteiger partial charge in [0.25, 0.3) is 5.91 Å². The van der Waals surface area contributed by atoms with Crippen LogP contribution in [0.5, 0.6) is 0 Å². The maximum absolute atomic E-state index is 13.7. The van der Waals surface area contributed by atoms with Crippen molar-refractivity contribution in [2.45, 2.75) is 19.8 Å².